The van der Waals surface area contributed by atoms with E-state index in [1.807, 2.05) is 19.9 Å². The third kappa shape index (κ3) is 3.88. The monoisotopic (exact) mass is 395 g/mol. The fourth-order valence-electron chi connectivity index (χ4n) is 3.22. The second-order valence-electron chi connectivity index (χ2n) is 6.51. The van der Waals surface area contributed by atoms with E-state index in [0.29, 0.717) is 22.6 Å². The molecule has 1 saturated heterocycles. The van der Waals surface area contributed by atoms with Gasteiger partial charge in [0.1, 0.15) is 0 Å². The van der Waals surface area contributed by atoms with E-state index in [1.54, 1.807) is 37.5 Å². The molecular formula is C21H21N3O3S. The van der Waals surface area contributed by atoms with Gasteiger partial charge in [-0.1, -0.05) is 18.2 Å². The van der Waals surface area contributed by atoms with Crippen LogP contribution >= 0.6 is 11.8 Å². The Bertz CT molecular complexity index is 1000. The van der Waals surface area contributed by atoms with E-state index in [2.05, 4.69) is 10.6 Å². The quantitative estimate of drug-likeness (QED) is 0.694. The summed E-state index contributed by atoms with van der Waals surface area (Å²) in [6, 6.07) is 11.1. The number of aryl methyl sites for hydroxylation is 1. The number of rotatable bonds is 6. The van der Waals surface area contributed by atoms with E-state index < -0.39 is 0 Å². The van der Waals surface area contributed by atoms with Crippen molar-refractivity contribution < 1.29 is 14.3 Å². The summed E-state index contributed by atoms with van der Waals surface area (Å²) in [6.45, 7) is 5.42. The number of methoxy groups -OCH3 is 1. The Kier molecular flexibility index (Phi) is 6.02. The lowest BCUT2D eigenvalue weighted by atomic mass is 10.1. The van der Waals surface area contributed by atoms with Gasteiger partial charge in [0.15, 0.2) is 0 Å². The largest absolute Gasteiger partial charge is 0.383 e. The van der Waals surface area contributed by atoms with E-state index in [9.17, 15) is 14.9 Å². The minimum absolute atomic E-state index is 0.0958. The fraction of sp³-hybridized carbons (Fsp3) is 0.286. The van der Waals surface area contributed by atoms with Gasteiger partial charge in [0.05, 0.1) is 29.7 Å². The molecule has 0 atom stereocenters. The van der Waals surface area contributed by atoms with Gasteiger partial charge >= 0.3 is 0 Å². The third-order valence-corrected chi connectivity index (χ3v) is 5.67. The minimum Gasteiger partial charge on any atom is -0.383 e. The van der Waals surface area contributed by atoms with Crippen LogP contribution in [0.25, 0.3) is 6.08 Å². The van der Waals surface area contributed by atoms with E-state index in [0.717, 1.165) is 35.3 Å². The number of hydrogen-bond acceptors (Lipinski definition) is 5. The summed E-state index contributed by atoms with van der Waals surface area (Å²) in [4.78, 5) is 26.8. The zero-order chi connectivity index (χ0) is 20.3. The van der Waals surface area contributed by atoms with Gasteiger partial charge in [-0.2, -0.15) is 5.26 Å². The summed E-state index contributed by atoms with van der Waals surface area (Å²) in [5.74, 6) is -0.329. The summed E-state index contributed by atoms with van der Waals surface area (Å²) in [7, 11) is 1.66. The third-order valence-electron chi connectivity index (χ3n) is 4.76. The predicted molar refractivity (Wildman–Crippen MR) is 108 cm³/mol. The second kappa shape index (κ2) is 8.46. The number of aromatic nitrogens is 1. The smallest absolute Gasteiger partial charge is 0.293 e. The highest BCUT2D eigenvalue weighted by atomic mass is 32.2. The van der Waals surface area contributed by atoms with Gasteiger partial charge in [-0.05, 0) is 54.9 Å². The van der Waals surface area contributed by atoms with Crippen LogP contribution in [0.3, 0.4) is 0 Å². The fourth-order valence-corrected chi connectivity index (χ4v) is 4.04. The maximum atomic E-state index is 12.8. The molecule has 0 saturated carbocycles. The first kappa shape index (κ1) is 19.9. The lowest BCUT2D eigenvalue weighted by Crippen LogP contribution is -2.27. The Morgan fingerprint density at radius 2 is 2.00 bits per heavy atom. The number of benzene rings is 1. The zero-order valence-corrected chi connectivity index (χ0v) is 16.9. The summed E-state index contributed by atoms with van der Waals surface area (Å²) in [5, 5.41) is 8.90. The van der Waals surface area contributed by atoms with Crippen molar-refractivity contribution in [1.82, 2.24) is 9.47 Å². The number of imide groups is 1. The van der Waals surface area contributed by atoms with Crippen molar-refractivity contribution in [3.05, 3.63) is 63.3 Å². The van der Waals surface area contributed by atoms with Gasteiger partial charge < -0.3 is 9.30 Å². The molecule has 7 heteroatoms. The highest BCUT2D eigenvalue weighted by Crippen LogP contribution is 2.34. The molecule has 0 bridgehead atoms. The summed E-state index contributed by atoms with van der Waals surface area (Å²) < 4.78 is 7.28. The van der Waals surface area contributed by atoms with E-state index in [4.69, 9.17) is 4.74 Å². The molecule has 0 radical (unpaired) electrons. The lowest BCUT2D eigenvalue weighted by Gasteiger charge is -2.13. The first-order valence-electron chi connectivity index (χ1n) is 8.85. The molecule has 1 aromatic heterocycles. The van der Waals surface area contributed by atoms with E-state index in [-0.39, 0.29) is 17.7 Å². The molecule has 2 aromatic rings. The maximum absolute atomic E-state index is 12.8. The van der Waals surface area contributed by atoms with Crippen LogP contribution in [0.2, 0.25) is 0 Å². The molecule has 0 unspecified atom stereocenters. The van der Waals surface area contributed by atoms with E-state index in [1.165, 1.54) is 4.90 Å². The molecule has 0 aliphatic carbocycles. The second-order valence-corrected chi connectivity index (χ2v) is 7.50. The van der Waals surface area contributed by atoms with Crippen LogP contribution in [-0.4, -0.2) is 34.3 Å². The van der Waals surface area contributed by atoms with Crippen molar-refractivity contribution in [2.24, 2.45) is 0 Å². The standard InChI is InChI=1S/C21H21N3O3S/c1-14-10-18(15(2)23(14)8-9-27-3)11-19-20(25)24(21(26)28-19)13-17-7-5-4-6-16(17)12-22/h4-7,10-11H,8-9,13H2,1-3H3/b19-11+. The lowest BCUT2D eigenvalue weighted by molar-refractivity contribution is -0.123. The Hall–Kier alpha value is -2.82. The first-order chi connectivity index (χ1) is 13.5. The van der Waals surface area contributed by atoms with Crippen molar-refractivity contribution in [1.29, 1.82) is 5.26 Å². The van der Waals surface area contributed by atoms with Crippen molar-refractivity contribution in [3.63, 3.8) is 0 Å². The van der Waals surface area contributed by atoms with Crippen LogP contribution in [0.4, 0.5) is 4.79 Å². The van der Waals surface area contributed by atoms with Crippen LogP contribution < -0.4 is 0 Å². The van der Waals surface area contributed by atoms with Crippen molar-refractivity contribution in [2.75, 3.05) is 13.7 Å². The van der Waals surface area contributed by atoms with Gasteiger partial charge in [0, 0.05) is 25.0 Å². The van der Waals surface area contributed by atoms with Gasteiger partial charge in [-0.25, -0.2) is 0 Å². The number of carbonyl (C=O) groups is 2. The zero-order valence-electron chi connectivity index (χ0n) is 16.1. The first-order valence-corrected chi connectivity index (χ1v) is 9.67. The number of nitriles is 1. The molecular weight excluding hydrogens is 374 g/mol. The highest BCUT2D eigenvalue weighted by Gasteiger charge is 2.35. The number of hydrogen-bond donors (Lipinski definition) is 0. The number of amides is 2. The van der Waals surface area contributed by atoms with Crippen LogP contribution in [0.5, 0.6) is 0 Å². The molecule has 1 aromatic carbocycles. The molecule has 1 aliphatic rings. The van der Waals surface area contributed by atoms with E-state index >= 15 is 0 Å². The van der Waals surface area contributed by atoms with Gasteiger partial charge in [0.25, 0.3) is 11.1 Å². The SMILES string of the molecule is COCCn1c(C)cc(/C=C2/SC(=O)N(Cc3ccccc3C#N)C2=O)c1C. The summed E-state index contributed by atoms with van der Waals surface area (Å²) >= 11 is 0.933. The van der Waals surface area contributed by atoms with Crippen molar-refractivity contribution >= 4 is 29.0 Å². The molecule has 0 N–H and O–H groups in total. The number of thioether (sulfide) groups is 1. The molecule has 28 heavy (non-hydrogen) atoms. The van der Waals surface area contributed by atoms with Crippen molar-refractivity contribution in [2.45, 2.75) is 26.9 Å². The molecule has 1 aliphatic heterocycles. The predicted octanol–water partition coefficient (Wildman–Crippen LogP) is 3.86. The average molecular weight is 395 g/mol. The number of carbonyl (C=O) groups excluding carboxylic acids is 2. The Balaban J connectivity index is 1.85. The van der Waals surface area contributed by atoms with Crippen molar-refractivity contribution in [3.8, 4) is 6.07 Å². The Morgan fingerprint density at radius 1 is 1.25 bits per heavy atom. The molecule has 6 nitrogen and oxygen atoms in total. The van der Waals surface area contributed by atoms with Crippen LogP contribution in [-0.2, 0) is 22.6 Å². The molecule has 2 heterocycles. The highest BCUT2D eigenvalue weighted by molar-refractivity contribution is 8.18. The van der Waals surface area contributed by atoms with Crippen LogP contribution in [0.15, 0.2) is 35.2 Å². The van der Waals surface area contributed by atoms with Gasteiger partial charge in [0.2, 0.25) is 0 Å². The summed E-state index contributed by atoms with van der Waals surface area (Å²) in [5.41, 5.74) is 4.13. The Labute approximate surface area is 168 Å². The maximum Gasteiger partial charge on any atom is 0.293 e. The molecule has 3 rings (SSSR count). The normalized spacial score (nSPS) is 15.5. The average Bonchev–Trinajstić information content (AvgIpc) is 3.10. The van der Waals surface area contributed by atoms with Gasteiger partial charge in [-0.15, -0.1) is 0 Å². The molecule has 1 fully saturated rings. The van der Waals surface area contributed by atoms with Gasteiger partial charge in [-0.3, -0.25) is 14.5 Å². The van der Waals surface area contributed by atoms with Crippen LogP contribution in [0, 0.1) is 25.2 Å². The molecule has 144 valence electrons. The number of nitrogens with zero attached hydrogens (tertiary/aromatic N) is 3. The number of ether oxygens (including phenoxy) is 1. The molecule has 0 spiro atoms. The minimum atomic E-state index is -0.329. The topological polar surface area (TPSA) is 75.3 Å². The van der Waals surface area contributed by atoms with Crippen LogP contribution in [0.1, 0.15) is 28.1 Å². The Morgan fingerprint density at radius 3 is 2.71 bits per heavy atom. The summed E-state index contributed by atoms with van der Waals surface area (Å²) in [6.07, 6.45) is 1.77. The molecule has 2 amide bonds.